The van der Waals surface area contributed by atoms with E-state index < -0.39 is 0 Å². The lowest BCUT2D eigenvalue weighted by molar-refractivity contribution is 0.132. The molecule has 102 valence electrons. The molecule has 0 spiro atoms. The van der Waals surface area contributed by atoms with Gasteiger partial charge in [0, 0.05) is 29.7 Å². The first-order chi connectivity index (χ1) is 9.10. The molecule has 2 aromatic rings. The molecule has 0 bridgehead atoms. The molecule has 1 fully saturated rings. The predicted molar refractivity (Wildman–Crippen MR) is 79.0 cm³/mol. The lowest BCUT2D eigenvalue weighted by atomic mass is 9.85. The van der Waals surface area contributed by atoms with E-state index in [1.54, 1.807) is 7.11 Å². The van der Waals surface area contributed by atoms with Crippen molar-refractivity contribution < 1.29 is 4.74 Å². The maximum atomic E-state index is 5.45. The van der Waals surface area contributed by atoms with E-state index in [0.717, 1.165) is 11.8 Å². The molecule has 1 aliphatic carbocycles. The Labute approximate surface area is 114 Å². The summed E-state index contributed by atoms with van der Waals surface area (Å²) >= 11 is 0. The average Bonchev–Trinajstić information content (AvgIpc) is 2.68. The summed E-state index contributed by atoms with van der Waals surface area (Å²) in [6.45, 7) is 2.10. The highest BCUT2D eigenvalue weighted by atomic mass is 16.5. The highest BCUT2D eigenvalue weighted by molar-refractivity contribution is 5.83. The second-order valence-corrected chi connectivity index (χ2v) is 5.85. The van der Waals surface area contributed by atoms with Crippen LogP contribution in [-0.2, 0) is 0 Å². The number of nitrogens with zero attached hydrogens (tertiary/aromatic N) is 2. The Hall–Kier alpha value is -1.48. The van der Waals surface area contributed by atoms with E-state index in [1.807, 2.05) is 0 Å². The first kappa shape index (κ1) is 12.5. The monoisotopic (exact) mass is 258 g/mol. The molecule has 1 aromatic heterocycles. The Morgan fingerprint density at radius 1 is 1.26 bits per heavy atom. The highest BCUT2D eigenvalue weighted by Gasteiger charge is 2.32. The molecule has 0 atom stereocenters. The van der Waals surface area contributed by atoms with Crippen molar-refractivity contribution in [3.63, 3.8) is 0 Å². The van der Waals surface area contributed by atoms with Gasteiger partial charge in [0.1, 0.15) is 5.75 Å². The average molecular weight is 258 g/mol. The number of methoxy groups -OCH3 is 1. The molecule has 3 nitrogen and oxygen atoms in total. The molecular formula is C16H22N2O. The molecule has 1 heterocycles. The van der Waals surface area contributed by atoms with Crippen LogP contribution in [0.3, 0.4) is 0 Å². The van der Waals surface area contributed by atoms with Gasteiger partial charge in [-0.25, -0.2) is 0 Å². The number of aromatic nitrogens is 1. The van der Waals surface area contributed by atoms with Gasteiger partial charge < -0.3 is 14.2 Å². The standard InChI is InChI=1S/C16H22N2O/c1-11-7-12-5-6-18(15(12)10-16(11)19-4)14-8-13(9-14)17(2)3/h5-7,10,13-14H,8-9H2,1-4H3. The van der Waals surface area contributed by atoms with E-state index in [1.165, 1.54) is 29.3 Å². The molecule has 0 N–H and O–H groups in total. The molecule has 0 aliphatic heterocycles. The fourth-order valence-corrected chi connectivity index (χ4v) is 3.04. The number of fused-ring (bicyclic) bond motifs is 1. The van der Waals surface area contributed by atoms with Crippen LogP contribution in [0.2, 0.25) is 0 Å². The van der Waals surface area contributed by atoms with Crippen LogP contribution in [0.4, 0.5) is 0 Å². The van der Waals surface area contributed by atoms with Gasteiger partial charge in [-0.1, -0.05) is 0 Å². The van der Waals surface area contributed by atoms with Crippen LogP contribution in [0.5, 0.6) is 5.75 Å². The molecular weight excluding hydrogens is 236 g/mol. The molecule has 0 radical (unpaired) electrons. The third-order valence-corrected chi connectivity index (χ3v) is 4.45. The fourth-order valence-electron chi connectivity index (χ4n) is 3.04. The lowest BCUT2D eigenvalue weighted by Gasteiger charge is -2.40. The van der Waals surface area contributed by atoms with Crippen LogP contribution in [0.1, 0.15) is 24.4 Å². The van der Waals surface area contributed by atoms with E-state index in [4.69, 9.17) is 4.74 Å². The van der Waals surface area contributed by atoms with Crippen LogP contribution < -0.4 is 4.74 Å². The SMILES string of the molecule is COc1cc2c(ccn2C2CC(N(C)C)C2)cc1C. The van der Waals surface area contributed by atoms with Gasteiger partial charge >= 0.3 is 0 Å². The van der Waals surface area contributed by atoms with Crippen molar-refractivity contribution in [3.05, 3.63) is 30.0 Å². The number of aryl methyl sites for hydroxylation is 1. The predicted octanol–water partition coefficient (Wildman–Crippen LogP) is 3.22. The summed E-state index contributed by atoms with van der Waals surface area (Å²) in [5, 5.41) is 1.31. The third kappa shape index (κ3) is 2.02. The van der Waals surface area contributed by atoms with Gasteiger partial charge in [-0.3, -0.25) is 0 Å². The van der Waals surface area contributed by atoms with Crippen molar-refractivity contribution in [1.29, 1.82) is 0 Å². The first-order valence-corrected chi connectivity index (χ1v) is 6.91. The van der Waals surface area contributed by atoms with Crippen molar-refractivity contribution in [2.75, 3.05) is 21.2 Å². The van der Waals surface area contributed by atoms with E-state index in [2.05, 4.69) is 54.9 Å². The van der Waals surface area contributed by atoms with E-state index >= 15 is 0 Å². The zero-order chi connectivity index (χ0) is 13.6. The molecule has 1 aliphatic rings. The molecule has 0 unspecified atom stereocenters. The summed E-state index contributed by atoms with van der Waals surface area (Å²) in [4.78, 5) is 2.33. The topological polar surface area (TPSA) is 17.4 Å². The largest absolute Gasteiger partial charge is 0.496 e. The third-order valence-electron chi connectivity index (χ3n) is 4.45. The molecule has 0 saturated heterocycles. The summed E-state index contributed by atoms with van der Waals surface area (Å²) in [5.41, 5.74) is 2.50. The van der Waals surface area contributed by atoms with Crippen molar-refractivity contribution >= 4 is 10.9 Å². The Bertz CT molecular complexity index is 594. The van der Waals surface area contributed by atoms with Gasteiger partial charge in [0.05, 0.1) is 12.6 Å². The van der Waals surface area contributed by atoms with Crippen molar-refractivity contribution in [2.45, 2.75) is 31.8 Å². The first-order valence-electron chi connectivity index (χ1n) is 6.91. The van der Waals surface area contributed by atoms with Crippen LogP contribution in [0.15, 0.2) is 24.4 Å². The smallest absolute Gasteiger partial charge is 0.123 e. The molecule has 3 heteroatoms. The normalized spacial score (nSPS) is 22.8. The number of rotatable bonds is 3. The van der Waals surface area contributed by atoms with Crippen molar-refractivity contribution in [1.82, 2.24) is 9.47 Å². The Morgan fingerprint density at radius 2 is 2.00 bits per heavy atom. The lowest BCUT2D eigenvalue weighted by Crippen LogP contribution is -2.41. The van der Waals surface area contributed by atoms with Crippen molar-refractivity contribution in [2.24, 2.45) is 0 Å². The minimum absolute atomic E-state index is 0.636. The second kappa shape index (κ2) is 4.57. The maximum absolute atomic E-state index is 5.45. The summed E-state index contributed by atoms with van der Waals surface area (Å²) in [7, 11) is 6.08. The number of ether oxygens (including phenoxy) is 1. The van der Waals surface area contributed by atoms with E-state index in [-0.39, 0.29) is 0 Å². The summed E-state index contributed by atoms with van der Waals surface area (Å²) in [5.74, 6) is 0.982. The quantitative estimate of drug-likeness (QED) is 0.841. The zero-order valence-electron chi connectivity index (χ0n) is 12.2. The minimum atomic E-state index is 0.636. The Kier molecular flexibility index (Phi) is 3.02. The Morgan fingerprint density at radius 3 is 2.63 bits per heavy atom. The molecule has 1 aromatic carbocycles. The van der Waals surface area contributed by atoms with Crippen LogP contribution in [0.25, 0.3) is 10.9 Å². The maximum Gasteiger partial charge on any atom is 0.123 e. The van der Waals surface area contributed by atoms with Gasteiger partial charge in [-0.2, -0.15) is 0 Å². The van der Waals surface area contributed by atoms with Crippen molar-refractivity contribution in [3.8, 4) is 5.75 Å². The summed E-state index contributed by atoms with van der Waals surface area (Å²) in [6, 6.07) is 7.97. The van der Waals surface area contributed by atoms with Gasteiger partial charge in [-0.15, -0.1) is 0 Å². The zero-order valence-corrected chi connectivity index (χ0v) is 12.2. The van der Waals surface area contributed by atoms with Gasteiger partial charge in [-0.05, 0) is 51.6 Å². The molecule has 19 heavy (non-hydrogen) atoms. The van der Waals surface area contributed by atoms with Crippen LogP contribution in [0, 0.1) is 6.92 Å². The number of hydrogen-bond donors (Lipinski definition) is 0. The number of hydrogen-bond acceptors (Lipinski definition) is 2. The molecule has 0 amide bonds. The van der Waals surface area contributed by atoms with E-state index in [9.17, 15) is 0 Å². The van der Waals surface area contributed by atoms with E-state index in [0.29, 0.717) is 6.04 Å². The fraction of sp³-hybridized carbons (Fsp3) is 0.500. The summed E-state index contributed by atoms with van der Waals surface area (Å²) < 4.78 is 7.86. The number of benzene rings is 1. The summed E-state index contributed by atoms with van der Waals surface area (Å²) in [6.07, 6.45) is 4.71. The minimum Gasteiger partial charge on any atom is -0.496 e. The van der Waals surface area contributed by atoms with Crippen LogP contribution >= 0.6 is 0 Å². The van der Waals surface area contributed by atoms with Gasteiger partial charge in [0.15, 0.2) is 0 Å². The molecule has 3 rings (SSSR count). The van der Waals surface area contributed by atoms with Gasteiger partial charge in [0.25, 0.3) is 0 Å². The highest BCUT2D eigenvalue weighted by Crippen LogP contribution is 2.38. The van der Waals surface area contributed by atoms with Gasteiger partial charge in [0.2, 0.25) is 0 Å². The molecule has 1 saturated carbocycles. The second-order valence-electron chi connectivity index (χ2n) is 5.85. The van der Waals surface area contributed by atoms with Crippen LogP contribution in [-0.4, -0.2) is 36.7 Å². The Balaban J connectivity index is 1.93.